The number of thiol groups is 1. The van der Waals surface area contributed by atoms with E-state index in [9.17, 15) is 9.59 Å². The molecule has 1 aliphatic rings. The fraction of sp³-hybridized carbons (Fsp3) is 0.304. The minimum absolute atomic E-state index is 0.0101. The van der Waals surface area contributed by atoms with Crippen molar-refractivity contribution in [3.63, 3.8) is 0 Å². The lowest BCUT2D eigenvalue weighted by atomic mass is 10.0. The summed E-state index contributed by atoms with van der Waals surface area (Å²) in [6, 6.07) is 12.8. The molecule has 0 bridgehead atoms. The summed E-state index contributed by atoms with van der Waals surface area (Å²) >= 11 is 4.38. The van der Waals surface area contributed by atoms with E-state index in [0.717, 1.165) is 35.3 Å². The summed E-state index contributed by atoms with van der Waals surface area (Å²) in [5.41, 5.74) is 4.44. The van der Waals surface area contributed by atoms with Gasteiger partial charge in [0, 0.05) is 29.6 Å². The monoisotopic (exact) mass is 420 g/mol. The van der Waals surface area contributed by atoms with Gasteiger partial charge in [0.05, 0.1) is 28.0 Å². The van der Waals surface area contributed by atoms with Gasteiger partial charge in [-0.1, -0.05) is 12.1 Å². The van der Waals surface area contributed by atoms with Crippen LogP contribution in [0.5, 0.6) is 0 Å². The van der Waals surface area contributed by atoms with E-state index < -0.39 is 0 Å². The van der Waals surface area contributed by atoms with Gasteiger partial charge >= 0.3 is 0 Å². The Bertz CT molecular complexity index is 1120. The van der Waals surface area contributed by atoms with Crippen molar-refractivity contribution in [2.75, 3.05) is 13.1 Å². The van der Waals surface area contributed by atoms with Crippen molar-refractivity contribution >= 4 is 35.5 Å². The van der Waals surface area contributed by atoms with E-state index in [2.05, 4.69) is 27.9 Å². The number of piperidine rings is 1. The molecule has 0 spiro atoms. The van der Waals surface area contributed by atoms with Crippen LogP contribution in [0.25, 0.3) is 11.0 Å². The number of aromatic nitrogens is 2. The van der Waals surface area contributed by atoms with E-state index in [1.807, 2.05) is 43.0 Å². The third kappa shape index (κ3) is 4.16. The van der Waals surface area contributed by atoms with Crippen LogP contribution in [-0.2, 0) is 0 Å². The van der Waals surface area contributed by atoms with Crippen molar-refractivity contribution in [3.05, 3.63) is 65.0 Å². The summed E-state index contributed by atoms with van der Waals surface area (Å²) in [5.74, 6) is -0.133. The first-order valence-electron chi connectivity index (χ1n) is 10.1. The van der Waals surface area contributed by atoms with Crippen molar-refractivity contribution in [2.24, 2.45) is 0 Å². The molecule has 7 heteroatoms. The molecule has 154 valence electrons. The number of nitrogens with one attached hydrogen (secondary N) is 1. The Morgan fingerprint density at radius 1 is 1.00 bits per heavy atom. The second-order valence-electron chi connectivity index (χ2n) is 7.66. The van der Waals surface area contributed by atoms with Crippen LogP contribution in [-0.4, -0.2) is 45.8 Å². The van der Waals surface area contributed by atoms with Gasteiger partial charge in [-0.3, -0.25) is 9.59 Å². The normalized spacial score (nSPS) is 14.7. The van der Waals surface area contributed by atoms with Gasteiger partial charge in [-0.05, 0) is 57.0 Å². The zero-order valence-electron chi connectivity index (χ0n) is 17.1. The number of hydrogen-bond acceptors (Lipinski definition) is 5. The van der Waals surface area contributed by atoms with Crippen molar-refractivity contribution in [1.29, 1.82) is 0 Å². The molecule has 0 aliphatic carbocycles. The van der Waals surface area contributed by atoms with Gasteiger partial charge in [0.25, 0.3) is 11.8 Å². The molecule has 0 atom stereocenters. The van der Waals surface area contributed by atoms with Gasteiger partial charge in [-0.25, -0.2) is 9.97 Å². The maximum absolute atomic E-state index is 12.7. The van der Waals surface area contributed by atoms with E-state index in [1.165, 1.54) is 0 Å². The molecule has 6 nitrogen and oxygen atoms in total. The number of hydrogen-bond donors (Lipinski definition) is 2. The summed E-state index contributed by atoms with van der Waals surface area (Å²) in [6.07, 6.45) is 1.44. The third-order valence-corrected chi connectivity index (χ3v) is 5.98. The molecular formula is C23H24N4O2S. The molecule has 1 fully saturated rings. The SMILES string of the molecule is Cc1nc2ccc(C(=O)NC3CCN(C(=O)c4ccccc4S)CC3)cc2nc1C. The quantitative estimate of drug-likeness (QED) is 0.635. The standard InChI is InChI=1S/C23H24N4O2S/c1-14-15(2)25-20-13-16(7-8-19(20)24-14)22(28)26-17-9-11-27(12-10-17)23(29)18-5-3-4-6-21(18)30/h3-8,13,17,30H,9-12H2,1-2H3,(H,26,28). The summed E-state index contributed by atoms with van der Waals surface area (Å²) in [5, 5.41) is 3.10. The number of rotatable bonds is 3. The Kier molecular flexibility index (Phi) is 5.72. The highest BCUT2D eigenvalue weighted by atomic mass is 32.1. The van der Waals surface area contributed by atoms with Crippen molar-refractivity contribution in [2.45, 2.75) is 37.6 Å². The van der Waals surface area contributed by atoms with Crippen molar-refractivity contribution < 1.29 is 9.59 Å². The molecular weight excluding hydrogens is 396 g/mol. The fourth-order valence-electron chi connectivity index (χ4n) is 3.69. The first kappa shape index (κ1) is 20.3. The lowest BCUT2D eigenvalue weighted by Crippen LogP contribution is -2.46. The number of fused-ring (bicyclic) bond motifs is 1. The topological polar surface area (TPSA) is 75.2 Å². The predicted molar refractivity (Wildman–Crippen MR) is 119 cm³/mol. The second kappa shape index (κ2) is 8.44. The average molecular weight is 421 g/mol. The van der Waals surface area contributed by atoms with Crippen LogP contribution < -0.4 is 5.32 Å². The Morgan fingerprint density at radius 3 is 2.37 bits per heavy atom. The van der Waals surface area contributed by atoms with Crippen molar-refractivity contribution in [1.82, 2.24) is 20.2 Å². The molecule has 30 heavy (non-hydrogen) atoms. The summed E-state index contributed by atoms with van der Waals surface area (Å²) in [6.45, 7) is 5.05. The number of carbonyl (C=O) groups is 2. The maximum atomic E-state index is 12.7. The molecule has 4 rings (SSSR count). The van der Waals surface area contributed by atoms with Gasteiger partial charge in [-0.15, -0.1) is 12.6 Å². The number of carbonyl (C=O) groups excluding carboxylic acids is 2. The molecule has 1 N–H and O–H groups in total. The van der Waals surface area contributed by atoms with Crippen LogP contribution in [0.15, 0.2) is 47.4 Å². The molecule has 3 aromatic rings. The molecule has 0 radical (unpaired) electrons. The van der Waals surface area contributed by atoms with Crippen LogP contribution in [0.3, 0.4) is 0 Å². The number of likely N-dealkylation sites (tertiary alicyclic amines) is 1. The van der Waals surface area contributed by atoms with Crippen LogP contribution in [0.2, 0.25) is 0 Å². The van der Waals surface area contributed by atoms with Gasteiger partial charge in [0.2, 0.25) is 0 Å². The highest BCUT2D eigenvalue weighted by Crippen LogP contribution is 2.20. The van der Waals surface area contributed by atoms with E-state index in [0.29, 0.717) is 29.1 Å². The largest absolute Gasteiger partial charge is 0.349 e. The third-order valence-electron chi connectivity index (χ3n) is 5.59. The van der Waals surface area contributed by atoms with Crippen LogP contribution >= 0.6 is 12.6 Å². The number of amides is 2. The Balaban J connectivity index is 1.38. The van der Waals surface area contributed by atoms with Gasteiger partial charge in [-0.2, -0.15) is 0 Å². The second-order valence-corrected chi connectivity index (χ2v) is 8.14. The van der Waals surface area contributed by atoms with Gasteiger partial charge < -0.3 is 10.2 Å². The molecule has 0 saturated carbocycles. The Labute approximate surface area is 181 Å². The Hall–Kier alpha value is -2.93. The van der Waals surface area contributed by atoms with E-state index in [1.54, 1.807) is 18.2 Å². The highest BCUT2D eigenvalue weighted by Gasteiger charge is 2.25. The maximum Gasteiger partial charge on any atom is 0.254 e. The molecule has 1 aliphatic heterocycles. The fourth-order valence-corrected chi connectivity index (χ4v) is 3.95. The number of nitrogens with zero attached hydrogens (tertiary/aromatic N) is 3. The molecule has 2 heterocycles. The minimum Gasteiger partial charge on any atom is -0.349 e. The van der Waals surface area contributed by atoms with Gasteiger partial charge in [0.15, 0.2) is 0 Å². The molecule has 0 unspecified atom stereocenters. The predicted octanol–water partition coefficient (Wildman–Crippen LogP) is 3.57. The highest BCUT2D eigenvalue weighted by molar-refractivity contribution is 7.80. The van der Waals surface area contributed by atoms with Crippen molar-refractivity contribution in [3.8, 4) is 0 Å². The minimum atomic E-state index is -0.123. The number of aryl methyl sites for hydroxylation is 2. The molecule has 2 amide bonds. The smallest absolute Gasteiger partial charge is 0.254 e. The summed E-state index contributed by atoms with van der Waals surface area (Å²) in [4.78, 5) is 37.0. The van der Waals surface area contributed by atoms with Crippen LogP contribution in [0.1, 0.15) is 44.9 Å². The van der Waals surface area contributed by atoms with Crippen LogP contribution in [0, 0.1) is 13.8 Å². The van der Waals surface area contributed by atoms with Crippen LogP contribution in [0.4, 0.5) is 0 Å². The lowest BCUT2D eigenvalue weighted by Gasteiger charge is -2.32. The molecule has 2 aromatic carbocycles. The van der Waals surface area contributed by atoms with E-state index in [4.69, 9.17) is 0 Å². The Morgan fingerprint density at radius 2 is 1.67 bits per heavy atom. The zero-order valence-corrected chi connectivity index (χ0v) is 17.9. The first-order valence-corrected chi connectivity index (χ1v) is 10.5. The number of benzene rings is 2. The first-order chi connectivity index (χ1) is 14.4. The summed E-state index contributed by atoms with van der Waals surface area (Å²) < 4.78 is 0. The lowest BCUT2D eigenvalue weighted by molar-refractivity contribution is 0.0695. The van der Waals surface area contributed by atoms with E-state index in [-0.39, 0.29) is 17.9 Å². The average Bonchev–Trinajstić information content (AvgIpc) is 2.74. The van der Waals surface area contributed by atoms with E-state index >= 15 is 0 Å². The van der Waals surface area contributed by atoms with Gasteiger partial charge in [0.1, 0.15) is 0 Å². The summed E-state index contributed by atoms with van der Waals surface area (Å²) in [7, 11) is 0. The molecule has 1 saturated heterocycles. The zero-order chi connectivity index (χ0) is 21.3. The molecule has 1 aromatic heterocycles.